The van der Waals surface area contributed by atoms with Crippen LogP contribution in [0.25, 0.3) is 11.3 Å². The van der Waals surface area contributed by atoms with Crippen LogP contribution >= 0.6 is 0 Å². The molecule has 0 radical (unpaired) electrons. The van der Waals surface area contributed by atoms with Crippen LogP contribution in [-0.4, -0.2) is 33.9 Å². The Bertz CT molecular complexity index is 630. The molecule has 0 aliphatic carbocycles. The molecule has 0 spiro atoms. The highest BCUT2D eigenvalue weighted by molar-refractivity contribution is 5.68. The van der Waals surface area contributed by atoms with Gasteiger partial charge in [-0.2, -0.15) is 0 Å². The van der Waals surface area contributed by atoms with Gasteiger partial charge < -0.3 is 15.0 Å². The monoisotopic (exact) mass is 283 g/mol. The lowest BCUT2D eigenvalue weighted by Gasteiger charge is -2.29. The number of rotatable bonds is 3. The maximum absolute atomic E-state index is 10.6. The van der Waals surface area contributed by atoms with Crippen LogP contribution in [0.4, 0.5) is 0 Å². The van der Waals surface area contributed by atoms with E-state index in [2.05, 4.69) is 39.1 Å². The maximum Gasteiger partial charge on any atom is 0.0956 e. The van der Waals surface area contributed by atoms with Crippen molar-refractivity contribution < 1.29 is 5.11 Å². The fraction of sp³-hybridized carbons (Fsp3) is 0.471. The summed E-state index contributed by atoms with van der Waals surface area (Å²) < 4.78 is 2.21. The first-order valence-electron chi connectivity index (χ1n) is 7.84. The molecule has 3 unspecified atom stereocenters. The van der Waals surface area contributed by atoms with E-state index in [1.165, 1.54) is 23.2 Å². The first-order valence-corrected chi connectivity index (χ1v) is 7.84. The largest absolute Gasteiger partial charge is 0.393 e. The summed E-state index contributed by atoms with van der Waals surface area (Å²) in [5.41, 5.74) is 3.75. The van der Waals surface area contributed by atoms with Crippen LogP contribution in [0.3, 0.4) is 0 Å². The van der Waals surface area contributed by atoms with Crippen LogP contribution in [0, 0.1) is 5.92 Å². The molecule has 0 bridgehead atoms. The molecule has 2 aliphatic heterocycles. The number of nitrogens with one attached hydrogen (secondary N) is 1. The van der Waals surface area contributed by atoms with Crippen LogP contribution in [0.15, 0.2) is 36.8 Å². The fourth-order valence-electron chi connectivity index (χ4n) is 3.80. The molecule has 1 saturated heterocycles. The van der Waals surface area contributed by atoms with Gasteiger partial charge in [0.15, 0.2) is 0 Å². The van der Waals surface area contributed by atoms with Crippen molar-refractivity contribution in [2.24, 2.45) is 5.92 Å². The van der Waals surface area contributed by atoms with Gasteiger partial charge in [0.2, 0.25) is 0 Å². The fourth-order valence-corrected chi connectivity index (χ4v) is 3.80. The van der Waals surface area contributed by atoms with Crippen molar-refractivity contribution in [1.29, 1.82) is 0 Å². The standard InChI is InChI=1S/C17H21N3O/c21-17(12-4-3-7-18-9-12)8-15-13-5-1-2-6-14(13)16-10-19-11-20(15)16/h1-2,5-6,10-12,15,17-18,21H,3-4,7-9H2. The summed E-state index contributed by atoms with van der Waals surface area (Å²) in [5.74, 6) is 0.374. The molecule has 2 aliphatic rings. The number of aromatic nitrogens is 2. The first-order chi connectivity index (χ1) is 10.3. The lowest BCUT2D eigenvalue weighted by atomic mass is 9.88. The van der Waals surface area contributed by atoms with Crippen LogP contribution in [0.2, 0.25) is 0 Å². The number of aliphatic hydroxyl groups excluding tert-OH is 1. The van der Waals surface area contributed by atoms with Crippen LogP contribution in [0.5, 0.6) is 0 Å². The number of hydrogen-bond donors (Lipinski definition) is 2. The minimum absolute atomic E-state index is 0.218. The van der Waals surface area contributed by atoms with E-state index in [4.69, 9.17) is 0 Å². The topological polar surface area (TPSA) is 50.1 Å². The van der Waals surface area contributed by atoms with Gasteiger partial charge in [-0.25, -0.2) is 4.98 Å². The average Bonchev–Trinajstić information content (AvgIpc) is 3.11. The van der Waals surface area contributed by atoms with E-state index in [9.17, 15) is 5.11 Å². The zero-order valence-electron chi connectivity index (χ0n) is 12.1. The van der Waals surface area contributed by atoms with Gasteiger partial charge in [-0.05, 0) is 37.3 Å². The minimum atomic E-state index is -0.260. The Balaban J connectivity index is 1.60. The second-order valence-electron chi connectivity index (χ2n) is 6.20. The van der Waals surface area contributed by atoms with Gasteiger partial charge in [0, 0.05) is 12.1 Å². The van der Waals surface area contributed by atoms with Gasteiger partial charge in [0.25, 0.3) is 0 Å². The van der Waals surface area contributed by atoms with Gasteiger partial charge >= 0.3 is 0 Å². The van der Waals surface area contributed by atoms with Crippen molar-refractivity contribution in [3.63, 3.8) is 0 Å². The molecule has 21 heavy (non-hydrogen) atoms. The molecule has 4 heteroatoms. The Hall–Kier alpha value is -1.65. The molecule has 1 fully saturated rings. The number of imidazole rings is 1. The molecule has 0 amide bonds. The number of aliphatic hydroxyl groups is 1. The molecule has 4 rings (SSSR count). The Morgan fingerprint density at radius 2 is 2.29 bits per heavy atom. The second kappa shape index (κ2) is 5.28. The van der Waals surface area contributed by atoms with Crippen LogP contribution < -0.4 is 5.32 Å². The normalized spacial score (nSPS) is 25.4. The van der Waals surface area contributed by atoms with Crippen molar-refractivity contribution in [3.8, 4) is 11.3 Å². The molecule has 3 heterocycles. The Labute approximate surface area is 124 Å². The quantitative estimate of drug-likeness (QED) is 0.908. The second-order valence-corrected chi connectivity index (χ2v) is 6.20. The third-order valence-electron chi connectivity index (χ3n) is 4.94. The molecule has 1 aromatic heterocycles. The number of piperidine rings is 1. The minimum Gasteiger partial charge on any atom is -0.393 e. The molecule has 1 aromatic carbocycles. The summed E-state index contributed by atoms with van der Waals surface area (Å²) in [5, 5.41) is 14.0. The van der Waals surface area contributed by atoms with E-state index < -0.39 is 0 Å². The zero-order chi connectivity index (χ0) is 14.2. The van der Waals surface area contributed by atoms with Gasteiger partial charge in [0.1, 0.15) is 0 Å². The lowest BCUT2D eigenvalue weighted by Crippen LogP contribution is -2.37. The van der Waals surface area contributed by atoms with Gasteiger partial charge in [-0.3, -0.25) is 0 Å². The molecule has 110 valence electrons. The van der Waals surface area contributed by atoms with Crippen molar-refractivity contribution in [1.82, 2.24) is 14.9 Å². The third kappa shape index (κ3) is 2.19. The predicted molar refractivity (Wildman–Crippen MR) is 82.0 cm³/mol. The summed E-state index contributed by atoms with van der Waals surface area (Å²) >= 11 is 0. The highest BCUT2D eigenvalue weighted by atomic mass is 16.3. The van der Waals surface area contributed by atoms with Gasteiger partial charge in [-0.1, -0.05) is 24.3 Å². The first kappa shape index (κ1) is 13.0. The summed E-state index contributed by atoms with van der Waals surface area (Å²) in [6.45, 7) is 2.02. The summed E-state index contributed by atoms with van der Waals surface area (Å²) in [6, 6.07) is 8.70. The number of fused-ring (bicyclic) bond motifs is 3. The third-order valence-corrected chi connectivity index (χ3v) is 4.94. The van der Waals surface area contributed by atoms with E-state index in [-0.39, 0.29) is 12.1 Å². The van der Waals surface area contributed by atoms with Crippen molar-refractivity contribution >= 4 is 0 Å². The molecule has 2 aromatic rings. The number of hydrogen-bond acceptors (Lipinski definition) is 3. The van der Waals surface area contributed by atoms with Gasteiger partial charge in [0.05, 0.1) is 30.4 Å². The molecular weight excluding hydrogens is 262 g/mol. The van der Waals surface area contributed by atoms with E-state index in [0.29, 0.717) is 5.92 Å². The molecule has 3 atom stereocenters. The average molecular weight is 283 g/mol. The van der Waals surface area contributed by atoms with E-state index in [1.54, 1.807) is 0 Å². The van der Waals surface area contributed by atoms with E-state index >= 15 is 0 Å². The van der Waals surface area contributed by atoms with E-state index in [0.717, 1.165) is 25.9 Å². The summed E-state index contributed by atoms with van der Waals surface area (Å²) in [7, 11) is 0. The highest BCUT2D eigenvalue weighted by Crippen LogP contribution is 2.41. The Morgan fingerprint density at radius 1 is 1.38 bits per heavy atom. The van der Waals surface area contributed by atoms with Crippen LogP contribution in [0.1, 0.15) is 30.9 Å². The van der Waals surface area contributed by atoms with E-state index in [1.807, 2.05) is 12.5 Å². The molecular formula is C17H21N3O. The summed E-state index contributed by atoms with van der Waals surface area (Å²) in [4.78, 5) is 4.28. The molecule has 2 N–H and O–H groups in total. The smallest absolute Gasteiger partial charge is 0.0956 e. The van der Waals surface area contributed by atoms with Gasteiger partial charge in [-0.15, -0.1) is 0 Å². The van der Waals surface area contributed by atoms with Crippen molar-refractivity contribution in [3.05, 3.63) is 42.4 Å². The summed E-state index contributed by atoms with van der Waals surface area (Å²) in [6.07, 6.45) is 6.62. The van der Waals surface area contributed by atoms with Crippen LogP contribution in [-0.2, 0) is 0 Å². The Kier molecular flexibility index (Phi) is 3.28. The van der Waals surface area contributed by atoms with Crippen molar-refractivity contribution in [2.75, 3.05) is 13.1 Å². The van der Waals surface area contributed by atoms with Crippen molar-refractivity contribution in [2.45, 2.75) is 31.4 Å². The SMILES string of the molecule is OC(CC1c2ccccc2-c2cncn21)C1CCCNC1. The maximum atomic E-state index is 10.6. The highest BCUT2D eigenvalue weighted by Gasteiger charge is 2.32. The lowest BCUT2D eigenvalue weighted by molar-refractivity contribution is 0.0752. The predicted octanol–water partition coefficient (Wildman–Crippen LogP) is 2.20. The molecule has 4 nitrogen and oxygen atoms in total. The Morgan fingerprint density at radius 3 is 3.14 bits per heavy atom. The zero-order valence-corrected chi connectivity index (χ0v) is 12.1. The number of benzene rings is 1. The number of nitrogens with zero attached hydrogens (tertiary/aromatic N) is 2. The molecule has 0 saturated carbocycles.